The lowest BCUT2D eigenvalue weighted by Crippen LogP contribution is -2.19. The van der Waals surface area contributed by atoms with Crippen molar-refractivity contribution < 1.29 is 22.4 Å². The van der Waals surface area contributed by atoms with Gasteiger partial charge in [0, 0.05) is 34.9 Å². The van der Waals surface area contributed by atoms with Gasteiger partial charge < -0.3 is 8.98 Å². The van der Waals surface area contributed by atoms with Crippen molar-refractivity contribution in [3.63, 3.8) is 0 Å². The SMILES string of the molecule is Cc1cc(C(=O)CSc2nnc(-c3cccnc3)n2Cc2ccco2)c(C)n1CC(F)(F)F. The van der Waals surface area contributed by atoms with E-state index in [4.69, 9.17) is 4.42 Å². The molecule has 0 bridgehead atoms. The Morgan fingerprint density at radius 1 is 1.15 bits per heavy atom. The van der Waals surface area contributed by atoms with Crippen LogP contribution in [0.1, 0.15) is 27.5 Å². The summed E-state index contributed by atoms with van der Waals surface area (Å²) >= 11 is 1.17. The number of halogens is 3. The number of carbonyl (C=O) groups excluding carboxylic acids is 1. The molecule has 0 saturated heterocycles. The van der Waals surface area contributed by atoms with E-state index in [1.165, 1.54) is 24.8 Å². The molecule has 0 aliphatic carbocycles. The standard InChI is InChI=1S/C22H20F3N5O2S/c1-14-9-18(15(2)30(14)13-22(23,24)25)19(31)12-33-21-28-27-20(16-5-3-7-26-10-16)29(21)11-17-6-4-8-32-17/h3-10H,11-13H2,1-2H3. The smallest absolute Gasteiger partial charge is 0.406 e. The average Bonchev–Trinajstić information content (AvgIpc) is 3.49. The number of alkyl halides is 3. The highest BCUT2D eigenvalue weighted by Gasteiger charge is 2.30. The van der Waals surface area contributed by atoms with E-state index >= 15 is 0 Å². The zero-order valence-corrected chi connectivity index (χ0v) is 18.7. The van der Waals surface area contributed by atoms with E-state index in [1.807, 2.05) is 16.7 Å². The van der Waals surface area contributed by atoms with Crippen molar-refractivity contribution in [3.05, 3.63) is 71.7 Å². The second-order valence-electron chi connectivity index (χ2n) is 7.41. The lowest BCUT2D eigenvalue weighted by Gasteiger charge is -2.12. The quantitative estimate of drug-likeness (QED) is 0.265. The number of hydrogen-bond acceptors (Lipinski definition) is 6. The first-order valence-electron chi connectivity index (χ1n) is 9.98. The number of rotatable bonds is 8. The molecule has 0 fully saturated rings. The number of aromatic nitrogens is 5. The fourth-order valence-electron chi connectivity index (χ4n) is 3.52. The molecule has 0 amide bonds. The van der Waals surface area contributed by atoms with Gasteiger partial charge in [0.2, 0.25) is 0 Å². The molecule has 0 radical (unpaired) electrons. The van der Waals surface area contributed by atoms with Crippen LogP contribution in [0.3, 0.4) is 0 Å². The zero-order chi connectivity index (χ0) is 23.6. The molecule has 4 aromatic heterocycles. The number of furan rings is 1. The van der Waals surface area contributed by atoms with Gasteiger partial charge in [-0.1, -0.05) is 11.8 Å². The molecular weight excluding hydrogens is 455 g/mol. The Bertz CT molecular complexity index is 1250. The van der Waals surface area contributed by atoms with Crippen LogP contribution in [-0.2, 0) is 13.1 Å². The predicted octanol–water partition coefficient (Wildman–Crippen LogP) is 4.94. The number of nitrogens with zero attached hydrogens (tertiary/aromatic N) is 5. The minimum Gasteiger partial charge on any atom is -0.467 e. The van der Waals surface area contributed by atoms with Gasteiger partial charge in [-0.05, 0) is 44.2 Å². The van der Waals surface area contributed by atoms with Crippen molar-refractivity contribution in [2.24, 2.45) is 0 Å². The van der Waals surface area contributed by atoms with Crippen LogP contribution in [0.4, 0.5) is 13.2 Å². The third-order valence-electron chi connectivity index (χ3n) is 5.07. The Balaban J connectivity index is 1.57. The van der Waals surface area contributed by atoms with Gasteiger partial charge in [0.15, 0.2) is 16.8 Å². The van der Waals surface area contributed by atoms with Crippen LogP contribution >= 0.6 is 11.8 Å². The largest absolute Gasteiger partial charge is 0.467 e. The molecule has 33 heavy (non-hydrogen) atoms. The summed E-state index contributed by atoms with van der Waals surface area (Å²) in [6.07, 6.45) is 0.517. The Labute approximate surface area is 191 Å². The van der Waals surface area contributed by atoms with Crippen LogP contribution in [-0.4, -0.2) is 42.0 Å². The van der Waals surface area contributed by atoms with E-state index in [9.17, 15) is 18.0 Å². The monoisotopic (exact) mass is 475 g/mol. The van der Waals surface area contributed by atoms with Crippen LogP contribution < -0.4 is 0 Å². The fraction of sp³-hybridized carbons (Fsp3) is 0.273. The van der Waals surface area contributed by atoms with Gasteiger partial charge in [0.25, 0.3) is 0 Å². The summed E-state index contributed by atoms with van der Waals surface area (Å²) < 4.78 is 47.0. The Morgan fingerprint density at radius 3 is 2.64 bits per heavy atom. The van der Waals surface area contributed by atoms with Crippen molar-refractivity contribution in [3.8, 4) is 11.4 Å². The van der Waals surface area contributed by atoms with E-state index in [0.717, 1.165) is 10.1 Å². The van der Waals surface area contributed by atoms with Crippen LogP contribution in [0.25, 0.3) is 11.4 Å². The van der Waals surface area contributed by atoms with E-state index < -0.39 is 12.7 Å². The van der Waals surface area contributed by atoms with Gasteiger partial charge in [0.1, 0.15) is 12.3 Å². The van der Waals surface area contributed by atoms with Crippen molar-refractivity contribution in [2.45, 2.75) is 38.3 Å². The van der Waals surface area contributed by atoms with Crippen LogP contribution in [0.2, 0.25) is 0 Å². The van der Waals surface area contributed by atoms with Crippen molar-refractivity contribution in [1.82, 2.24) is 24.3 Å². The summed E-state index contributed by atoms with van der Waals surface area (Å²) in [6, 6.07) is 8.73. The molecule has 0 atom stereocenters. The number of thioether (sulfide) groups is 1. The van der Waals surface area contributed by atoms with E-state index in [0.29, 0.717) is 34.7 Å². The minimum absolute atomic E-state index is 0.000358. The average molecular weight is 475 g/mol. The van der Waals surface area contributed by atoms with Crippen LogP contribution in [0.15, 0.2) is 58.6 Å². The first kappa shape index (κ1) is 22.8. The number of ketones is 1. The maximum Gasteiger partial charge on any atom is 0.406 e. The molecule has 0 aliphatic heterocycles. The third-order valence-corrected chi connectivity index (χ3v) is 6.04. The second kappa shape index (κ2) is 9.26. The summed E-state index contributed by atoms with van der Waals surface area (Å²) in [4.78, 5) is 17.0. The summed E-state index contributed by atoms with van der Waals surface area (Å²) in [5.41, 5.74) is 1.71. The van der Waals surface area contributed by atoms with Gasteiger partial charge in [-0.25, -0.2) is 0 Å². The van der Waals surface area contributed by atoms with E-state index in [1.54, 1.807) is 37.7 Å². The van der Waals surface area contributed by atoms with E-state index in [2.05, 4.69) is 15.2 Å². The highest BCUT2D eigenvalue weighted by Crippen LogP contribution is 2.27. The van der Waals surface area contributed by atoms with Gasteiger partial charge in [-0.15, -0.1) is 10.2 Å². The second-order valence-corrected chi connectivity index (χ2v) is 8.35. The molecule has 172 valence electrons. The number of aryl methyl sites for hydroxylation is 1. The van der Waals surface area contributed by atoms with Gasteiger partial charge in [-0.2, -0.15) is 13.2 Å². The summed E-state index contributed by atoms with van der Waals surface area (Å²) in [7, 11) is 0. The summed E-state index contributed by atoms with van der Waals surface area (Å²) in [5.74, 6) is 0.971. The normalized spacial score (nSPS) is 11.8. The van der Waals surface area contributed by atoms with Gasteiger partial charge >= 0.3 is 6.18 Å². The van der Waals surface area contributed by atoms with Crippen molar-refractivity contribution >= 4 is 17.5 Å². The number of carbonyl (C=O) groups is 1. The number of pyridine rings is 1. The van der Waals surface area contributed by atoms with Crippen LogP contribution in [0.5, 0.6) is 0 Å². The molecular formula is C22H20F3N5O2S. The molecule has 0 unspecified atom stereocenters. The molecule has 7 nitrogen and oxygen atoms in total. The van der Waals surface area contributed by atoms with Crippen molar-refractivity contribution in [1.29, 1.82) is 0 Å². The highest BCUT2D eigenvalue weighted by molar-refractivity contribution is 7.99. The lowest BCUT2D eigenvalue weighted by molar-refractivity contribution is -0.141. The molecule has 0 aliphatic rings. The molecule has 4 aromatic rings. The molecule has 4 rings (SSSR count). The molecule has 4 heterocycles. The van der Waals surface area contributed by atoms with Gasteiger partial charge in [-0.3, -0.25) is 14.3 Å². The Hall–Kier alpha value is -3.34. The first-order chi connectivity index (χ1) is 15.7. The van der Waals surface area contributed by atoms with Crippen LogP contribution in [0, 0.1) is 13.8 Å². The topological polar surface area (TPSA) is 78.7 Å². The molecule has 0 aromatic carbocycles. The summed E-state index contributed by atoms with van der Waals surface area (Å²) in [6.45, 7) is 2.30. The molecule has 0 spiro atoms. The highest BCUT2D eigenvalue weighted by atomic mass is 32.2. The third kappa shape index (κ3) is 5.19. The molecule has 0 N–H and O–H groups in total. The van der Waals surface area contributed by atoms with Crippen molar-refractivity contribution in [2.75, 3.05) is 5.75 Å². The summed E-state index contributed by atoms with van der Waals surface area (Å²) in [5, 5.41) is 8.98. The molecule has 11 heteroatoms. The fourth-order valence-corrected chi connectivity index (χ4v) is 4.34. The Morgan fingerprint density at radius 2 is 1.97 bits per heavy atom. The zero-order valence-electron chi connectivity index (χ0n) is 17.8. The van der Waals surface area contributed by atoms with E-state index in [-0.39, 0.29) is 17.1 Å². The Kier molecular flexibility index (Phi) is 6.41. The maximum atomic E-state index is 12.9. The van der Waals surface area contributed by atoms with Gasteiger partial charge in [0.05, 0.1) is 18.6 Å². The first-order valence-corrected chi connectivity index (χ1v) is 11.0. The lowest BCUT2D eigenvalue weighted by atomic mass is 10.2. The predicted molar refractivity (Wildman–Crippen MR) is 116 cm³/mol. The minimum atomic E-state index is -4.37. The number of Topliss-reactive ketones (excluding diaryl/α,β-unsaturated/α-hetero) is 1. The maximum absolute atomic E-state index is 12.9. The molecule has 0 saturated carbocycles. The number of hydrogen-bond donors (Lipinski definition) is 0.